The number of phenols is 1. The molecule has 3 rings (SSSR count). The fourth-order valence-electron chi connectivity index (χ4n) is 3.60. The highest BCUT2D eigenvalue weighted by atomic mass is 16.4. The Kier molecular flexibility index (Phi) is 4.42. The fourth-order valence-corrected chi connectivity index (χ4v) is 3.60. The van der Waals surface area contributed by atoms with Gasteiger partial charge in [-0.15, -0.1) is 0 Å². The average Bonchev–Trinajstić information content (AvgIpc) is 2.56. The zero-order valence-electron chi connectivity index (χ0n) is 13.4. The van der Waals surface area contributed by atoms with Crippen LogP contribution >= 0.6 is 0 Å². The third kappa shape index (κ3) is 3.07. The molecule has 126 valence electrons. The van der Waals surface area contributed by atoms with Crippen molar-refractivity contribution in [3.63, 3.8) is 0 Å². The summed E-state index contributed by atoms with van der Waals surface area (Å²) in [7, 11) is 0. The Morgan fingerprint density at radius 1 is 1.00 bits per heavy atom. The van der Waals surface area contributed by atoms with Gasteiger partial charge in [0.15, 0.2) is 0 Å². The molecule has 1 amide bonds. The summed E-state index contributed by atoms with van der Waals surface area (Å²) in [6.07, 6.45) is 3.80. The second-order valence-corrected chi connectivity index (χ2v) is 6.55. The predicted molar refractivity (Wildman–Crippen MR) is 92.0 cm³/mol. The van der Waals surface area contributed by atoms with Crippen LogP contribution in [-0.2, 0) is 9.59 Å². The molecule has 0 heterocycles. The molecule has 24 heavy (non-hydrogen) atoms. The maximum atomic E-state index is 12.5. The molecular weight excluding hydrogens is 306 g/mol. The molecule has 5 heteroatoms. The van der Waals surface area contributed by atoms with Crippen LogP contribution in [0.25, 0.3) is 10.8 Å². The first-order valence-electron chi connectivity index (χ1n) is 8.26. The Bertz CT molecular complexity index is 778. The number of carbonyl (C=O) groups is 2. The highest BCUT2D eigenvalue weighted by Crippen LogP contribution is 2.40. The van der Waals surface area contributed by atoms with Crippen molar-refractivity contribution < 1.29 is 19.8 Å². The lowest BCUT2D eigenvalue weighted by Gasteiger charge is -2.32. The lowest BCUT2D eigenvalue weighted by Crippen LogP contribution is -2.37. The average molecular weight is 327 g/mol. The molecule has 0 unspecified atom stereocenters. The van der Waals surface area contributed by atoms with E-state index in [1.165, 1.54) is 0 Å². The molecule has 1 fully saturated rings. The number of carboxylic acids is 1. The second-order valence-electron chi connectivity index (χ2n) is 6.55. The molecule has 0 atom stereocenters. The number of carbonyl (C=O) groups excluding carboxylic acids is 1. The zero-order valence-corrected chi connectivity index (χ0v) is 13.4. The van der Waals surface area contributed by atoms with Gasteiger partial charge in [-0.25, -0.2) is 0 Å². The van der Waals surface area contributed by atoms with Crippen LogP contribution in [0.1, 0.15) is 38.5 Å². The highest BCUT2D eigenvalue weighted by Gasteiger charge is 2.41. The number of phenolic OH excluding ortho intramolecular Hbond substituents is 1. The number of nitrogens with one attached hydrogen (secondary N) is 1. The summed E-state index contributed by atoms with van der Waals surface area (Å²) in [6, 6.07) is 10.4. The van der Waals surface area contributed by atoms with Crippen molar-refractivity contribution in [1.29, 1.82) is 0 Å². The quantitative estimate of drug-likeness (QED) is 0.794. The molecule has 0 bridgehead atoms. The van der Waals surface area contributed by atoms with Crippen LogP contribution in [0.4, 0.5) is 5.69 Å². The number of rotatable bonds is 4. The topological polar surface area (TPSA) is 86.6 Å². The van der Waals surface area contributed by atoms with Crippen molar-refractivity contribution in [1.82, 2.24) is 0 Å². The van der Waals surface area contributed by atoms with E-state index in [0.29, 0.717) is 23.9 Å². The van der Waals surface area contributed by atoms with Gasteiger partial charge in [-0.1, -0.05) is 43.5 Å². The smallest absolute Gasteiger partial charge is 0.310 e. The van der Waals surface area contributed by atoms with E-state index in [4.69, 9.17) is 0 Å². The fraction of sp³-hybridized carbons (Fsp3) is 0.368. The minimum absolute atomic E-state index is 0.0163. The van der Waals surface area contributed by atoms with Crippen LogP contribution in [0.2, 0.25) is 0 Å². The van der Waals surface area contributed by atoms with Crippen LogP contribution in [0.3, 0.4) is 0 Å². The molecule has 0 aliphatic heterocycles. The lowest BCUT2D eigenvalue weighted by molar-refractivity contribution is -0.153. The maximum absolute atomic E-state index is 12.5. The molecule has 1 aliphatic rings. The Hall–Kier alpha value is -2.56. The minimum atomic E-state index is -0.949. The van der Waals surface area contributed by atoms with E-state index in [9.17, 15) is 19.8 Å². The van der Waals surface area contributed by atoms with E-state index >= 15 is 0 Å². The van der Waals surface area contributed by atoms with Gasteiger partial charge < -0.3 is 15.5 Å². The predicted octanol–water partition coefficient (Wildman–Crippen LogP) is 3.91. The Labute approximate surface area is 140 Å². The zero-order chi connectivity index (χ0) is 17.2. The largest absolute Gasteiger partial charge is 0.507 e. The second kappa shape index (κ2) is 6.51. The van der Waals surface area contributed by atoms with Gasteiger partial charge >= 0.3 is 5.97 Å². The van der Waals surface area contributed by atoms with Crippen LogP contribution in [0, 0.1) is 5.41 Å². The van der Waals surface area contributed by atoms with Crippen molar-refractivity contribution in [2.24, 2.45) is 5.41 Å². The summed E-state index contributed by atoms with van der Waals surface area (Å²) < 4.78 is 0. The molecule has 3 N–H and O–H groups in total. The summed E-state index contributed by atoms with van der Waals surface area (Å²) >= 11 is 0. The first kappa shape index (κ1) is 16.3. The van der Waals surface area contributed by atoms with Gasteiger partial charge in [0.25, 0.3) is 0 Å². The number of fused-ring (bicyclic) bond motifs is 1. The molecule has 5 nitrogen and oxygen atoms in total. The van der Waals surface area contributed by atoms with Gasteiger partial charge in [0, 0.05) is 22.9 Å². The van der Waals surface area contributed by atoms with E-state index in [1.807, 2.05) is 6.07 Å². The number of aliphatic carboxylic acids is 1. The highest BCUT2D eigenvalue weighted by molar-refractivity contribution is 6.04. The first-order valence-corrected chi connectivity index (χ1v) is 8.26. The third-order valence-electron chi connectivity index (χ3n) is 4.94. The number of hydrogen-bond acceptors (Lipinski definition) is 3. The number of carboxylic acid groups (broad SMARTS) is 1. The number of benzene rings is 2. The van der Waals surface area contributed by atoms with Crippen LogP contribution in [-0.4, -0.2) is 22.1 Å². The van der Waals surface area contributed by atoms with E-state index < -0.39 is 11.4 Å². The van der Waals surface area contributed by atoms with Crippen LogP contribution < -0.4 is 5.32 Å². The van der Waals surface area contributed by atoms with Crippen molar-refractivity contribution >= 4 is 28.3 Å². The molecule has 2 aromatic rings. The van der Waals surface area contributed by atoms with Crippen molar-refractivity contribution in [3.8, 4) is 5.75 Å². The number of aromatic hydroxyl groups is 1. The SMILES string of the molecule is O=C(CC1(C(=O)O)CCCCC1)Nc1cccc2c(O)cccc12. The monoisotopic (exact) mass is 327 g/mol. The van der Waals surface area contributed by atoms with E-state index in [2.05, 4.69) is 5.32 Å². The minimum Gasteiger partial charge on any atom is -0.507 e. The van der Waals surface area contributed by atoms with Gasteiger partial charge in [0.05, 0.1) is 5.41 Å². The molecule has 0 saturated heterocycles. The number of hydrogen-bond donors (Lipinski definition) is 3. The number of amides is 1. The maximum Gasteiger partial charge on any atom is 0.310 e. The van der Waals surface area contributed by atoms with E-state index in [0.717, 1.165) is 24.6 Å². The Morgan fingerprint density at radius 3 is 2.38 bits per heavy atom. The standard InChI is InChI=1S/C19H21NO4/c21-16-9-5-6-13-14(16)7-4-8-15(13)20-17(22)12-19(18(23)24)10-2-1-3-11-19/h4-9,21H,1-3,10-12H2,(H,20,22)(H,23,24). The molecule has 0 spiro atoms. The van der Waals surface area contributed by atoms with Crippen molar-refractivity contribution in [2.75, 3.05) is 5.32 Å². The van der Waals surface area contributed by atoms with Crippen molar-refractivity contribution in [3.05, 3.63) is 36.4 Å². The summed E-state index contributed by atoms with van der Waals surface area (Å²) in [5.74, 6) is -1.03. The molecule has 0 radical (unpaired) electrons. The van der Waals surface area contributed by atoms with Crippen molar-refractivity contribution in [2.45, 2.75) is 38.5 Å². The Balaban J connectivity index is 1.82. The van der Waals surface area contributed by atoms with E-state index in [-0.39, 0.29) is 18.1 Å². The number of anilines is 1. The Morgan fingerprint density at radius 2 is 1.67 bits per heavy atom. The van der Waals surface area contributed by atoms with Crippen LogP contribution in [0.5, 0.6) is 5.75 Å². The molecular formula is C19H21NO4. The van der Waals surface area contributed by atoms with Gasteiger partial charge in [-0.3, -0.25) is 9.59 Å². The third-order valence-corrected chi connectivity index (χ3v) is 4.94. The summed E-state index contributed by atoms with van der Waals surface area (Å²) in [5.41, 5.74) is -0.362. The first-order chi connectivity index (χ1) is 11.5. The van der Waals surface area contributed by atoms with Crippen LogP contribution in [0.15, 0.2) is 36.4 Å². The summed E-state index contributed by atoms with van der Waals surface area (Å²) in [5, 5.41) is 23.7. The summed E-state index contributed by atoms with van der Waals surface area (Å²) in [6.45, 7) is 0. The molecule has 0 aromatic heterocycles. The molecule has 1 saturated carbocycles. The summed E-state index contributed by atoms with van der Waals surface area (Å²) in [4.78, 5) is 24.2. The van der Waals surface area contributed by atoms with Gasteiger partial charge in [0.2, 0.25) is 5.91 Å². The molecule has 2 aromatic carbocycles. The molecule has 1 aliphatic carbocycles. The van der Waals surface area contributed by atoms with Gasteiger partial charge in [-0.2, -0.15) is 0 Å². The van der Waals surface area contributed by atoms with Gasteiger partial charge in [-0.05, 0) is 25.0 Å². The van der Waals surface area contributed by atoms with E-state index in [1.54, 1.807) is 30.3 Å². The van der Waals surface area contributed by atoms with Gasteiger partial charge in [0.1, 0.15) is 5.75 Å². The normalized spacial score (nSPS) is 16.7. The lowest BCUT2D eigenvalue weighted by atomic mass is 9.71.